The van der Waals surface area contributed by atoms with Crippen LogP contribution in [-0.2, 0) is 0 Å². The van der Waals surface area contributed by atoms with Gasteiger partial charge in [0.25, 0.3) is 0 Å². The summed E-state index contributed by atoms with van der Waals surface area (Å²) in [6, 6.07) is 7.01. The number of rotatable bonds is 3. The van der Waals surface area contributed by atoms with Crippen molar-refractivity contribution >= 4 is 11.9 Å². The third-order valence-electron chi connectivity index (χ3n) is 3.86. The van der Waals surface area contributed by atoms with E-state index in [-0.39, 0.29) is 17.9 Å². The van der Waals surface area contributed by atoms with Crippen LogP contribution in [-0.4, -0.2) is 29.9 Å². The van der Waals surface area contributed by atoms with Crippen molar-refractivity contribution in [3.8, 4) is 5.75 Å². The first-order chi connectivity index (χ1) is 9.58. The second-order valence-electron chi connectivity index (χ2n) is 5.35. The number of hydrogen-bond acceptors (Lipinski definition) is 3. The number of hydrogen-bond donors (Lipinski definition) is 0. The largest absolute Gasteiger partial charge is 0.415 e. The SMILES string of the molecule is CC(=O)c1cccc(OC(=O)N(C)C2CCCCC2)c1. The third-order valence-corrected chi connectivity index (χ3v) is 3.86. The lowest BCUT2D eigenvalue weighted by Crippen LogP contribution is -2.39. The van der Waals surface area contributed by atoms with Crippen LogP contribution >= 0.6 is 0 Å². The van der Waals surface area contributed by atoms with Gasteiger partial charge in [0.15, 0.2) is 5.78 Å². The molecule has 0 heterocycles. The van der Waals surface area contributed by atoms with Crippen LogP contribution in [0.5, 0.6) is 5.75 Å². The summed E-state index contributed by atoms with van der Waals surface area (Å²) in [5.74, 6) is 0.383. The van der Waals surface area contributed by atoms with Gasteiger partial charge in [-0.2, -0.15) is 0 Å². The molecule has 1 saturated carbocycles. The van der Waals surface area contributed by atoms with Gasteiger partial charge in [-0.15, -0.1) is 0 Å². The van der Waals surface area contributed by atoms with Crippen molar-refractivity contribution in [1.29, 1.82) is 0 Å². The molecule has 2 rings (SSSR count). The molecular weight excluding hydrogens is 254 g/mol. The fourth-order valence-corrected chi connectivity index (χ4v) is 2.57. The van der Waals surface area contributed by atoms with Crippen LogP contribution in [0.15, 0.2) is 24.3 Å². The lowest BCUT2D eigenvalue weighted by Gasteiger charge is -2.30. The molecule has 0 saturated heterocycles. The summed E-state index contributed by atoms with van der Waals surface area (Å²) >= 11 is 0. The Morgan fingerprint density at radius 3 is 2.55 bits per heavy atom. The minimum absolute atomic E-state index is 0.0384. The first kappa shape index (κ1) is 14.6. The van der Waals surface area contributed by atoms with E-state index in [0.717, 1.165) is 12.8 Å². The predicted molar refractivity (Wildman–Crippen MR) is 77.1 cm³/mol. The molecule has 1 aromatic carbocycles. The molecule has 20 heavy (non-hydrogen) atoms. The highest BCUT2D eigenvalue weighted by atomic mass is 16.6. The van der Waals surface area contributed by atoms with E-state index < -0.39 is 0 Å². The molecule has 0 radical (unpaired) electrons. The Bertz CT molecular complexity index is 492. The minimum atomic E-state index is -0.349. The molecule has 0 spiro atoms. The molecule has 108 valence electrons. The van der Waals surface area contributed by atoms with Crippen LogP contribution in [0.2, 0.25) is 0 Å². The smallest absolute Gasteiger partial charge is 0.410 e. The summed E-state index contributed by atoms with van der Waals surface area (Å²) in [7, 11) is 1.78. The summed E-state index contributed by atoms with van der Waals surface area (Å²) in [5.41, 5.74) is 0.551. The van der Waals surface area contributed by atoms with Crippen molar-refractivity contribution in [2.24, 2.45) is 0 Å². The Hall–Kier alpha value is -1.84. The lowest BCUT2D eigenvalue weighted by molar-refractivity contribution is 0.101. The quantitative estimate of drug-likeness (QED) is 0.791. The van der Waals surface area contributed by atoms with Gasteiger partial charge in [0.1, 0.15) is 5.75 Å². The first-order valence-corrected chi connectivity index (χ1v) is 7.13. The molecule has 1 fully saturated rings. The Morgan fingerprint density at radius 2 is 1.90 bits per heavy atom. The van der Waals surface area contributed by atoms with Crippen LogP contribution in [0.1, 0.15) is 49.4 Å². The molecule has 0 aliphatic heterocycles. The van der Waals surface area contributed by atoms with Crippen molar-refractivity contribution < 1.29 is 14.3 Å². The van der Waals surface area contributed by atoms with Crippen molar-refractivity contribution in [1.82, 2.24) is 4.90 Å². The molecule has 4 heteroatoms. The first-order valence-electron chi connectivity index (χ1n) is 7.13. The van der Waals surface area contributed by atoms with Crippen LogP contribution in [0.4, 0.5) is 4.79 Å². The fraction of sp³-hybridized carbons (Fsp3) is 0.500. The van der Waals surface area contributed by atoms with E-state index in [1.54, 1.807) is 36.2 Å². The molecule has 0 N–H and O–H groups in total. The number of carbonyl (C=O) groups excluding carboxylic acids is 2. The number of ketones is 1. The van der Waals surface area contributed by atoms with Gasteiger partial charge < -0.3 is 9.64 Å². The van der Waals surface area contributed by atoms with E-state index in [9.17, 15) is 9.59 Å². The van der Waals surface area contributed by atoms with Gasteiger partial charge in [0.05, 0.1) is 0 Å². The molecule has 4 nitrogen and oxygen atoms in total. The maximum absolute atomic E-state index is 12.1. The van der Waals surface area contributed by atoms with Gasteiger partial charge in [-0.05, 0) is 31.9 Å². The maximum Gasteiger partial charge on any atom is 0.415 e. The molecule has 0 bridgehead atoms. The van der Waals surface area contributed by atoms with E-state index in [2.05, 4.69) is 0 Å². The van der Waals surface area contributed by atoms with Gasteiger partial charge in [-0.3, -0.25) is 4.79 Å². The lowest BCUT2D eigenvalue weighted by atomic mass is 9.95. The van der Waals surface area contributed by atoms with Crippen molar-refractivity contribution in [2.75, 3.05) is 7.05 Å². The monoisotopic (exact) mass is 275 g/mol. The van der Waals surface area contributed by atoms with Gasteiger partial charge in [-0.25, -0.2) is 4.79 Å². The van der Waals surface area contributed by atoms with Gasteiger partial charge in [-0.1, -0.05) is 31.4 Å². The van der Waals surface area contributed by atoms with E-state index in [1.807, 2.05) is 0 Å². The average molecular weight is 275 g/mol. The summed E-state index contributed by atoms with van der Waals surface area (Å²) in [6.45, 7) is 1.50. The number of Topliss-reactive ketones (excluding diaryl/α,β-unsaturated/α-hetero) is 1. The zero-order chi connectivity index (χ0) is 14.5. The van der Waals surface area contributed by atoms with E-state index in [4.69, 9.17) is 4.74 Å². The molecule has 0 atom stereocenters. The molecule has 0 unspecified atom stereocenters. The third kappa shape index (κ3) is 3.59. The second kappa shape index (κ2) is 6.55. The van der Waals surface area contributed by atoms with E-state index >= 15 is 0 Å². The van der Waals surface area contributed by atoms with Crippen molar-refractivity contribution in [2.45, 2.75) is 45.1 Å². The summed E-state index contributed by atoms with van der Waals surface area (Å²) in [4.78, 5) is 25.1. The Labute approximate surface area is 119 Å². The summed E-state index contributed by atoms with van der Waals surface area (Å²) < 4.78 is 5.35. The zero-order valence-electron chi connectivity index (χ0n) is 12.1. The number of carbonyl (C=O) groups is 2. The molecule has 1 aliphatic carbocycles. The number of amides is 1. The maximum atomic E-state index is 12.1. The summed E-state index contributed by atoms with van der Waals surface area (Å²) in [5, 5.41) is 0. The summed E-state index contributed by atoms with van der Waals surface area (Å²) in [6.07, 6.45) is 5.32. The molecule has 0 aromatic heterocycles. The second-order valence-corrected chi connectivity index (χ2v) is 5.35. The number of nitrogens with zero attached hydrogens (tertiary/aromatic N) is 1. The average Bonchev–Trinajstić information content (AvgIpc) is 2.47. The molecular formula is C16H21NO3. The Balaban J connectivity index is 1.99. The fourth-order valence-electron chi connectivity index (χ4n) is 2.57. The topological polar surface area (TPSA) is 46.6 Å². The van der Waals surface area contributed by atoms with Gasteiger partial charge in [0, 0.05) is 18.7 Å². The molecule has 1 amide bonds. The molecule has 1 aliphatic rings. The van der Waals surface area contributed by atoms with Crippen molar-refractivity contribution in [3.63, 3.8) is 0 Å². The van der Waals surface area contributed by atoms with Gasteiger partial charge >= 0.3 is 6.09 Å². The van der Waals surface area contributed by atoms with Gasteiger partial charge in [0.2, 0.25) is 0 Å². The Morgan fingerprint density at radius 1 is 1.20 bits per heavy atom. The number of ether oxygens (including phenoxy) is 1. The van der Waals surface area contributed by atoms with E-state index in [1.165, 1.54) is 26.2 Å². The van der Waals surface area contributed by atoms with Crippen LogP contribution in [0, 0.1) is 0 Å². The van der Waals surface area contributed by atoms with Crippen LogP contribution in [0.25, 0.3) is 0 Å². The normalized spacial score (nSPS) is 15.7. The highest BCUT2D eigenvalue weighted by Crippen LogP contribution is 2.23. The zero-order valence-corrected chi connectivity index (χ0v) is 12.1. The number of benzene rings is 1. The van der Waals surface area contributed by atoms with Crippen LogP contribution < -0.4 is 4.74 Å². The van der Waals surface area contributed by atoms with Crippen molar-refractivity contribution in [3.05, 3.63) is 29.8 Å². The molecule has 1 aromatic rings. The van der Waals surface area contributed by atoms with Crippen LogP contribution in [0.3, 0.4) is 0 Å². The highest BCUT2D eigenvalue weighted by Gasteiger charge is 2.23. The standard InChI is InChI=1S/C16H21NO3/c1-12(18)13-7-6-10-15(11-13)20-16(19)17(2)14-8-4-3-5-9-14/h6-7,10-11,14H,3-5,8-9H2,1-2H3. The Kier molecular flexibility index (Phi) is 4.77. The predicted octanol–water partition coefficient (Wildman–Crippen LogP) is 3.65. The minimum Gasteiger partial charge on any atom is -0.410 e. The highest BCUT2D eigenvalue weighted by molar-refractivity contribution is 5.94. The van der Waals surface area contributed by atoms with E-state index in [0.29, 0.717) is 11.3 Å².